The van der Waals surface area contributed by atoms with Gasteiger partial charge in [0.1, 0.15) is 11.3 Å². The number of piperazine rings is 1. The lowest BCUT2D eigenvalue weighted by atomic mass is 10.0. The number of anilines is 1. The number of hydrogen-bond acceptors (Lipinski definition) is 5. The molecule has 1 aromatic carbocycles. The first-order valence-electron chi connectivity index (χ1n) is 10.6. The first-order chi connectivity index (χ1) is 15.3. The van der Waals surface area contributed by atoms with Crippen molar-refractivity contribution < 1.29 is 0 Å². The number of rotatable bonds is 3. The van der Waals surface area contributed by atoms with Crippen LogP contribution in [0.4, 0.5) is 5.69 Å². The van der Waals surface area contributed by atoms with Crippen molar-refractivity contribution in [1.29, 1.82) is 0 Å². The molecule has 0 spiro atoms. The minimum atomic E-state index is 0.896. The Morgan fingerprint density at radius 2 is 1.68 bits per heavy atom. The van der Waals surface area contributed by atoms with E-state index in [1.807, 2.05) is 30.7 Å². The van der Waals surface area contributed by atoms with Crippen LogP contribution in [-0.2, 0) is 0 Å². The van der Waals surface area contributed by atoms with Gasteiger partial charge in [0, 0.05) is 61.2 Å². The van der Waals surface area contributed by atoms with Gasteiger partial charge in [0.2, 0.25) is 0 Å². The molecule has 6 rings (SSSR count). The maximum atomic E-state index is 4.63. The molecule has 0 radical (unpaired) electrons. The van der Waals surface area contributed by atoms with E-state index < -0.39 is 0 Å². The molecule has 31 heavy (non-hydrogen) atoms. The van der Waals surface area contributed by atoms with E-state index in [9.17, 15) is 0 Å². The third-order valence-electron chi connectivity index (χ3n) is 6.18. The zero-order valence-electron chi connectivity index (χ0n) is 17.3. The van der Waals surface area contributed by atoms with Crippen molar-refractivity contribution in [3.63, 3.8) is 0 Å². The molecule has 1 aliphatic rings. The lowest BCUT2D eigenvalue weighted by Gasteiger charge is -2.34. The van der Waals surface area contributed by atoms with Crippen molar-refractivity contribution >= 4 is 27.6 Å². The summed E-state index contributed by atoms with van der Waals surface area (Å²) in [5.74, 6) is 0. The first-order valence-corrected chi connectivity index (χ1v) is 10.6. The molecule has 7 nitrogen and oxygen atoms in total. The van der Waals surface area contributed by atoms with E-state index >= 15 is 0 Å². The Morgan fingerprint density at radius 1 is 0.839 bits per heavy atom. The minimum Gasteiger partial charge on any atom is -0.368 e. The van der Waals surface area contributed by atoms with Crippen molar-refractivity contribution in [1.82, 2.24) is 30.0 Å². The number of hydrogen-bond donors (Lipinski definition) is 2. The Morgan fingerprint density at radius 3 is 2.52 bits per heavy atom. The van der Waals surface area contributed by atoms with E-state index in [0.29, 0.717) is 0 Å². The number of aromatic amines is 2. The van der Waals surface area contributed by atoms with Crippen LogP contribution < -0.4 is 4.90 Å². The van der Waals surface area contributed by atoms with Crippen molar-refractivity contribution in [2.45, 2.75) is 0 Å². The summed E-state index contributed by atoms with van der Waals surface area (Å²) < 4.78 is 0. The third-order valence-corrected chi connectivity index (χ3v) is 6.18. The summed E-state index contributed by atoms with van der Waals surface area (Å²) in [5.41, 5.74) is 7.31. The van der Waals surface area contributed by atoms with Crippen LogP contribution in [0.15, 0.2) is 61.1 Å². The molecular weight excluding hydrogens is 386 g/mol. The number of fused-ring (bicyclic) bond motifs is 2. The molecule has 1 fully saturated rings. The number of nitrogens with one attached hydrogen (secondary N) is 2. The van der Waals surface area contributed by atoms with Gasteiger partial charge in [0.05, 0.1) is 11.2 Å². The molecule has 0 unspecified atom stereocenters. The molecule has 5 aromatic rings. The van der Waals surface area contributed by atoms with Gasteiger partial charge < -0.3 is 14.8 Å². The van der Waals surface area contributed by atoms with E-state index in [4.69, 9.17) is 0 Å². The van der Waals surface area contributed by atoms with Crippen molar-refractivity contribution in [2.75, 3.05) is 38.1 Å². The molecule has 4 aromatic heterocycles. The summed E-state index contributed by atoms with van der Waals surface area (Å²) in [6, 6.07) is 14.7. The van der Waals surface area contributed by atoms with Crippen LogP contribution in [0.1, 0.15) is 0 Å². The van der Waals surface area contributed by atoms with Crippen LogP contribution in [0.3, 0.4) is 0 Å². The van der Waals surface area contributed by atoms with Crippen molar-refractivity contribution in [2.24, 2.45) is 0 Å². The number of pyridine rings is 2. The number of H-pyrrole nitrogens is 2. The Hall–Kier alpha value is -3.71. The van der Waals surface area contributed by atoms with Crippen LogP contribution in [0.25, 0.3) is 44.5 Å². The maximum Gasteiger partial charge on any atom is 0.139 e. The fourth-order valence-corrected chi connectivity index (χ4v) is 4.41. The molecule has 154 valence electrons. The van der Waals surface area contributed by atoms with Gasteiger partial charge >= 0.3 is 0 Å². The lowest BCUT2D eigenvalue weighted by Crippen LogP contribution is -2.44. The SMILES string of the molecule is CN1CCN(c2ccnc3[nH]c(-c4n[nH]c5ccc(-c6ccncc6)cc45)cc23)CC1. The molecule has 2 N–H and O–H groups in total. The standard InChI is InChI=1S/C24H23N7/c1-30-10-12-31(13-11-30)22-6-9-26-24-19(22)15-21(27-24)23-18-14-17(2-3-20(18)28-29-23)16-4-7-25-8-5-16/h2-9,14-15H,10-13H2,1H3,(H,26,27)(H,28,29). The summed E-state index contributed by atoms with van der Waals surface area (Å²) in [7, 11) is 2.18. The highest BCUT2D eigenvalue weighted by atomic mass is 15.2. The minimum absolute atomic E-state index is 0.896. The highest BCUT2D eigenvalue weighted by Gasteiger charge is 2.19. The van der Waals surface area contributed by atoms with Gasteiger partial charge in [-0.15, -0.1) is 0 Å². The fourth-order valence-electron chi connectivity index (χ4n) is 4.41. The molecule has 5 heterocycles. The van der Waals surface area contributed by atoms with Gasteiger partial charge in [-0.3, -0.25) is 10.1 Å². The third kappa shape index (κ3) is 3.14. The van der Waals surface area contributed by atoms with E-state index in [1.54, 1.807) is 0 Å². The molecule has 7 heteroatoms. The summed E-state index contributed by atoms with van der Waals surface area (Å²) in [5, 5.41) is 10.0. The highest BCUT2D eigenvalue weighted by Crippen LogP contribution is 2.34. The lowest BCUT2D eigenvalue weighted by molar-refractivity contribution is 0.313. The highest BCUT2D eigenvalue weighted by molar-refractivity contribution is 5.99. The van der Waals surface area contributed by atoms with Gasteiger partial charge in [0.15, 0.2) is 0 Å². The largest absolute Gasteiger partial charge is 0.368 e. The van der Waals surface area contributed by atoms with Crippen molar-refractivity contribution in [3.05, 3.63) is 61.1 Å². The van der Waals surface area contributed by atoms with E-state index in [1.165, 1.54) is 5.69 Å². The normalized spacial score (nSPS) is 15.2. The topological polar surface area (TPSA) is 76.7 Å². The smallest absolute Gasteiger partial charge is 0.139 e. The van der Waals surface area contributed by atoms with Gasteiger partial charge in [0.25, 0.3) is 0 Å². The molecule has 1 aliphatic heterocycles. The molecule has 0 aliphatic carbocycles. The van der Waals surface area contributed by atoms with Gasteiger partial charge in [-0.2, -0.15) is 5.10 Å². The molecule has 0 atom stereocenters. The van der Waals surface area contributed by atoms with E-state index in [0.717, 1.165) is 70.6 Å². The van der Waals surface area contributed by atoms with Gasteiger partial charge in [-0.05, 0) is 54.6 Å². The Labute approximate surface area is 179 Å². The monoisotopic (exact) mass is 409 g/mol. The van der Waals surface area contributed by atoms with Crippen LogP contribution in [-0.4, -0.2) is 63.3 Å². The second-order valence-corrected chi connectivity index (χ2v) is 8.13. The number of benzene rings is 1. The van der Waals surface area contributed by atoms with Gasteiger partial charge in [-0.1, -0.05) is 6.07 Å². The van der Waals surface area contributed by atoms with Crippen LogP contribution in [0, 0.1) is 0 Å². The average Bonchev–Trinajstić information content (AvgIpc) is 3.43. The maximum absolute atomic E-state index is 4.63. The zero-order chi connectivity index (χ0) is 20.8. The Kier molecular flexibility index (Phi) is 4.21. The summed E-state index contributed by atoms with van der Waals surface area (Å²) in [6.07, 6.45) is 5.53. The number of likely N-dealkylation sites (N-methyl/N-ethyl adjacent to an activating group) is 1. The molecule has 1 saturated heterocycles. The predicted octanol–water partition coefficient (Wildman–Crippen LogP) is 3.92. The van der Waals surface area contributed by atoms with Gasteiger partial charge in [-0.25, -0.2) is 4.98 Å². The van der Waals surface area contributed by atoms with Crippen LogP contribution in [0.5, 0.6) is 0 Å². The predicted molar refractivity (Wildman–Crippen MR) is 124 cm³/mol. The summed E-state index contributed by atoms with van der Waals surface area (Å²) in [4.78, 5) is 17.0. The molecular formula is C24H23N7. The number of nitrogens with zero attached hydrogens (tertiary/aromatic N) is 5. The zero-order valence-corrected chi connectivity index (χ0v) is 17.3. The summed E-state index contributed by atoms with van der Waals surface area (Å²) >= 11 is 0. The Bertz CT molecular complexity index is 1360. The molecule has 0 saturated carbocycles. The quantitative estimate of drug-likeness (QED) is 0.472. The Balaban J connectivity index is 1.44. The van der Waals surface area contributed by atoms with Crippen LogP contribution >= 0.6 is 0 Å². The first kappa shape index (κ1) is 18.1. The van der Waals surface area contributed by atoms with E-state index in [2.05, 4.69) is 72.3 Å². The van der Waals surface area contributed by atoms with Crippen LogP contribution in [0.2, 0.25) is 0 Å². The molecule has 0 amide bonds. The summed E-state index contributed by atoms with van der Waals surface area (Å²) in [6.45, 7) is 4.19. The van der Waals surface area contributed by atoms with E-state index in [-0.39, 0.29) is 0 Å². The number of aromatic nitrogens is 5. The fraction of sp³-hybridized carbons (Fsp3) is 0.208. The second kappa shape index (κ2) is 7.21. The average molecular weight is 409 g/mol. The van der Waals surface area contributed by atoms with Crippen molar-refractivity contribution in [3.8, 4) is 22.5 Å². The second-order valence-electron chi connectivity index (χ2n) is 8.13. The molecule has 0 bridgehead atoms.